The Labute approximate surface area is 127 Å². The predicted molar refractivity (Wildman–Crippen MR) is 84.0 cm³/mol. The molecule has 0 radical (unpaired) electrons. The molecule has 0 unspecified atom stereocenters. The number of rotatable bonds is 6. The molecule has 0 heterocycles. The highest BCUT2D eigenvalue weighted by Gasteiger charge is 2.16. The number of Topliss-reactive ketones (excluding diaryl/α,β-unsaturated/α-hetero) is 1. The van der Waals surface area contributed by atoms with Gasteiger partial charge in [0.15, 0.2) is 5.78 Å². The zero-order chi connectivity index (χ0) is 16.1. The van der Waals surface area contributed by atoms with E-state index < -0.39 is 4.92 Å². The monoisotopic (exact) mass is 300 g/mol. The maximum Gasteiger partial charge on any atom is 0.293 e. The number of nitrogens with one attached hydrogen (secondary N) is 1. The molecular formula is C16H16N2O4. The van der Waals surface area contributed by atoms with Crippen LogP contribution in [0.2, 0.25) is 0 Å². The van der Waals surface area contributed by atoms with Crippen LogP contribution in [0, 0.1) is 10.1 Å². The Morgan fingerprint density at radius 2 is 1.91 bits per heavy atom. The Morgan fingerprint density at radius 1 is 1.23 bits per heavy atom. The van der Waals surface area contributed by atoms with Crippen molar-refractivity contribution in [3.8, 4) is 5.75 Å². The van der Waals surface area contributed by atoms with Crippen molar-refractivity contribution in [3.63, 3.8) is 0 Å². The smallest absolute Gasteiger partial charge is 0.293 e. The van der Waals surface area contributed by atoms with Crippen molar-refractivity contribution in [1.82, 2.24) is 0 Å². The van der Waals surface area contributed by atoms with E-state index in [2.05, 4.69) is 5.32 Å². The predicted octanol–water partition coefficient (Wildman–Crippen LogP) is 3.94. The number of nitrogens with zero attached hydrogens (tertiary/aromatic N) is 1. The molecule has 0 atom stereocenters. The molecule has 2 aromatic rings. The average molecular weight is 300 g/mol. The number of ether oxygens (including phenoxy) is 1. The van der Waals surface area contributed by atoms with Gasteiger partial charge in [0, 0.05) is 17.3 Å². The topological polar surface area (TPSA) is 81.5 Å². The molecule has 0 fully saturated rings. The van der Waals surface area contributed by atoms with Crippen LogP contribution >= 0.6 is 0 Å². The number of benzene rings is 2. The van der Waals surface area contributed by atoms with Crippen LogP contribution in [0.1, 0.15) is 24.2 Å². The summed E-state index contributed by atoms with van der Waals surface area (Å²) >= 11 is 0. The Balaban J connectivity index is 2.28. The van der Waals surface area contributed by atoms with E-state index in [0.29, 0.717) is 23.5 Å². The normalized spacial score (nSPS) is 10.1. The second-order valence-corrected chi connectivity index (χ2v) is 4.63. The Morgan fingerprint density at radius 3 is 2.45 bits per heavy atom. The van der Waals surface area contributed by atoms with Crippen LogP contribution in [-0.2, 0) is 0 Å². The molecule has 0 bridgehead atoms. The fraction of sp³-hybridized carbons (Fsp3) is 0.188. The molecule has 0 amide bonds. The summed E-state index contributed by atoms with van der Waals surface area (Å²) in [5.74, 6) is 0.519. The molecule has 0 saturated carbocycles. The maximum absolute atomic E-state index is 11.3. The van der Waals surface area contributed by atoms with Crippen molar-refractivity contribution in [1.29, 1.82) is 0 Å². The van der Waals surface area contributed by atoms with Gasteiger partial charge in [0.1, 0.15) is 11.4 Å². The summed E-state index contributed by atoms with van der Waals surface area (Å²) in [4.78, 5) is 22.0. The quantitative estimate of drug-likeness (QED) is 0.496. The number of nitro groups is 1. The molecule has 0 spiro atoms. The molecule has 1 N–H and O–H groups in total. The van der Waals surface area contributed by atoms with Gasteiger partial charge in [-0.15, -0.1) is 0 Å². The van der Waals surface area contributed by atoms with Gasteiger partial charge >= 0.3 is 0 Å². The highest BCUT2D eigenvalue weighted by atomic mass is 16.6. The second-order valence-electron chi connectivity index (χ2n) is 4.63. The van der Waals surface area contributed by atoms with E-state index in [-0.39, 0.29) is 11.5 Å². The Bertz CT molecular complexity index is 696. The molecule has 0 aliphatic carbocycles. The van der Waals surface area contributed by atoms with Crippen LogP contribution in [0.5, 0.6) is 5.75 Å². The zero-order valence-corrected chi connectivity index (χ0v) is 12.3. The number of ketones is 1. The Kier molecular flexibility index (Phi) is 4.73. The van der Waals surface area contributed by atoms with Gasteiger partial charge < -0.3 is 10.1 Å². The molecule has 114 valence electrons. The maximum atomic E-state index is 11.3. The standard InChI is InChI=1S/C16H16N2O4/c1-3-22-14-7-5-13(6-8-14)17-15-9-4-12(11(2)19)10-16(15)18(20)21/h4-10,17H,3H2,1-2H3. The van der Waals surface area contributed by atoms with E-state index in [9.17, 15) is 14.9 Å². The first kappa shape index (κ1) is 15.5. The minimum atomic E-state index is -0.511. The summed E-state index contributed by atoms with van der Waals surface area (Å²) in [5, 5.41) is 14.1. The van der Waals surface area contributed by atoms with Crippen LogP contribution in [0.25, 0.3) is 0 Å². The van der Waals surface area contributed by atoms with Crippen molar-refractivity contribution < 1.29 is 14.5 Å². The van der Waals surface area contributed by atoms with Crippen LogP contribution in [-0.4, -0.2) is 17.3 Å². The summed E-state index contributed by atoms with van der Waals surface area (Å²) in [6.07, 6.45) is 0. The molecular weight excluding hydrogens is 284 g/mol. The van der Waals surface area contributed by atoms with Gasteiger partial charge in [-0.1, -0.05) is 0 Å². The first-order valence-electron chi connectivity index (χ1n) is 6.80. The lowest BCUT2D eigenvalue weighted by Gasteiger charge is -2.09. The van der Waals surface area contributed by atoms with Crippen molar-refractivity contribution in [2.75, 3.05) is 11.9 Å². The van der Waals surface area contributed by atoms with Gasteiger partial charge in [-0.2, -0.15) is 0 Å². The minimum Gasteiger partial charge on any atom is -0.494 e. The van der Waals surface area contributed by atoms with Gasteiger partial charge in [-0.3, -0.25) is 14.9 Å². The van der Waals surface area contributed by atoms with Gasteiger partial charge in [0.2, 0.25) is 0 Å². The van der Waals surface area contributed by atoms with E-state index in [4.69, 9.17) is 4.74 Å². The molecule has 22 heavy (non-hydrogen) atoms. The van der Waals surface area contributed by atoms with Crippen molar-refractivity contribution in [2.45, 2.75) is 13.8 Å². The third-order valence-electron chi connectivity index (χ3n) is 3.05. The van der Waals surface area contributed by atoms with Crippen LogP contribution in [0.4, 0.5) is 17.1 Å². The van der Waals surface area contributed by atoms with Gasteiger partial charge in [-0.05, 0) is 50.2 Å². The number of carbonyl (C=O) groups is 1. The molecule has 2 aromatic carbocycles. The average Bonchev–Trinajstić information content (AvgIpc) is 2.49. The van der Waals surface area contributed by atoms with Crippen molar-refractivity contribution in [3.05, 3.63) is 58.1 Å². The summed E-state index contributed by atoms with van der Waals surface area (Å²) in [6, 6.07) is 11.5. The van der Waals surface area contributed by atoms with E-state index in [1.165, 1.54) is 19.1 Å². The highest BCUT2D eigenvalue weighted by molar-refractivity contribution is 5.95. The summed E-state index contributed by atoms with van der Waals surface area (Å²) in [5.41, 5.74) is 1.20. The molecule has 0 aromatic heterocycles. The number of anilines is 2. The summed E-state index contributed by atoms with van der Waals surface area (Å²) in [7, 11) is 0. The number of nitro benzene ring substituents is 1. The third kappa shape index (κ3) is 3.60. The minimum absolute atomic E-state index is 0.137. The number of hydrogen-bond acceptors (Lipinski definition) is 5. The molecule has 0 aliphatic heterocycles. The van der Waals surface area contributed by atoms with Gasteiger partial charge in [-0.25, -0.2) is 0 Å². The number of carbonyl (C=O) groups excluding carboxylic acids is 1. The van der Waals surface area contributed by atoms with Crippen LogP contribution in [0.3, 0.4) is 0 Å². The molecule has 0 aliphatic rings. The Hall–Kier alpha value is -2.89. The largest absolute Gasteiger partial charge is 0.494 e. The van der Waals surface area contributed by atoms with E-state index in [0.717, 1.165) is 5.75 Å². The fourth-order valence-electron chi connectivity index (χ4n) is 1.96. The first-order valence-corrected chi connectivity index (χ1v) is 6.80. The van der Waals surface area contributed by atoms with Crippen LogP contribution in [0.15, 0.2) is 42.5 Å². The van der Waals surface area contributed by atoms with Crippen molar-refractivity contribution >= 4 is 22.8 Å². The lowest BCUT2D eigenvalue weighted by Crippen LogP contribution is -2.00. The second kappa shape index (κ2) is 6.71. The van der Waals surface area contributed by atoms with Crippen LogP contribution < -0.4 is 10.1 Å². The lowest BCUT2D eigenvalue weighted by atomic mass is 10.1. The number of hydrogen-bond donors (Lipinski definition) is 1. The third-order valence-corrected chi connectivity index (χ3v) is 3.05. The summed E-state index contributed by atoms with van der Waals surface area (Å²) in [6.45, 7) is 3.84. The summed E-state index contributed by atoms with van der Waals surface area (Å²) < 4.78 is 5.34. The fourth-order valence-corrected chi connectivity index (χ4v) is 1.96. The van der Waals surface area contributed by atoms with Gasteiger partial charge in [0.25, 0.3) is 5.69 Å². The molecule has 2 rings (SSSR count). The lowest BCUT2D eigenvalue weighted by molar-refractivity contribution is -0.383. The molecule has 0 saturated heterocycles. The van der Waals surface area contributed by atoms with E-state index >= 15 is 0 Å². The van der Waals surface area contributed by atoms with E-state index in [1.807, 2.05) is 6.92 Å². The SMILES string of the molecule is CCOc1ccc(Nc2ccc(C(C)=O)cc2[N+](=O)[O-])cc1. The highest BCUT2D eigenvalue weighted by Crippen LogP contribution is 2.29. The van der Waals surface area contributed by atoms with Gasteiger partial charge in [0.05, 0.1) is 11.5 Å². The van der Waals surface area contributed by atoms with Crippen molar-refractivity contribution in [2.24, 2.45) is 0 Å². The molecule has 6 nitrogen and oxygen atoms in total. The molecule has 6 heteroatoms. The first-order chi connectivity index (χ1) is 10.5. The van der Waals surface area contributed by atoms with E-state index in [1.54, 1.807) is 30.3 Å². The zero-order valence-electron chi connectivity index (χ0n) is 12.3.